The Morgan fingerprint density at radius 2 is 1.90 bits per heavy atom. The van der Waals surface area contributed by atoms with Crippen LogP contribution in [0.5, 0.6) is 11.5 Å². The van der Waals surface area contributed by atoms with Crippen molar-refractivity contribution in [3.8, 4) is 11.5 Å². The van der Waals surface area contributed by atoms with E-state index in [1.165, 1.54) is 12.1 Å². The van der Waals surface area contributed by atoms with Crippen molar-refractivity contribution < 1.29 is 13.9 Å². The molecule has 0 saturated heterocycles. The first-order valence-electron chi connectivity index (χ1n) is 5.61. The first kappa shape index (κ1) is 15.6. The SMILES string of the molecule is COc1ccc(Br)cc1COc1cc(F)c(Cl)cc1Br. The molecule has 0 radical (unpaired) electrons. The second-order valence-electron chi connectivity index (χ2n) is 3.94. The van der Waals surface area contributed by atoms with E-state index in [0.29, 0.717) is 16.0 Å². The van der Waals surface area contributed by atoms with Gasteiger partial charge in [-0.2, -0.15) is 0 Å². The second-order valence-corrected chi connectivity index (χ2v) is 6.12. The van der Waals surface area contributed by atoms with E-state index >= 15 is 0 Å². The molecule has 0 aliphatic carbocycles. The van der Waals surface area contributed by atoms with Gasteiger partial charge >= 0.3 is 0 Å². The molecule has 0 amide bonds. The van der Waals surface area contributed by atoms with Gasteiger partial charge in [0.25, 0.3) is 0 Å². The maximum Gasteiger partial charge on any atom is 0.145 e. The number of hydrogen-bond acceptors (Lipinski definition) is 2. The van der Waals surface area contributed by atoms with Crippen molar-refractivity contribution in [1.82, 2.24) is 0 Å². The summed E-state index contributed by atoms with van der Waals surface area (Å²) in [5.74, 6) is 0.568. The number of hydrogen-bond donors (Lipinski definition) is 0. The summed E-state index contributed by atoms with van der Waals surface area (Å²) in [6, 6.07) is 8.31. The molecule has 0 saturated carbocycles. The van der Waals surface area contributed by atoms with Crippen LogP contribution in [0.3, 0.4) is 0 Å². The Hall–Kier alpha value is -0.780. The Bertz CT molecular complexity index is 635. The standard InChI is InChI=1S/C14H10Br2ClFO2/c1-19-13-3-2-9(15)4-8(13)7-20-14-6-12(18)11(17)5-10(14)16/h2-6H,7H2,1H3. The monoisotopic (exact) mass is 422 g/mol. The molecule has 0 N–H and O–H groups in total. The molecule has 0 unspecified atom stereocenters. The van der Waals surface area contributed by atoms with Crippen LogP contribution in [0, 0.1) is 5.82 Å². The predicted octanol–water partition coefficient (Wildman–Crippen LogP) is 5.59. The van der Waals surface area contributed by atoms with Crippen molar-refractivity contribution in [3.63, 3.8) is 0 Å². The van der Waals surface area contributed by atoms with Crippen molar-refractivity contribution in [2.24, 2.45) is 0 Å². The van der Waals surface area contributed by atoms with Gasteiger partial charge in [0.05, 0.1) is 16.6 Å². The molecule has 2 aromatic rings. The molecule has 0 aromatic heterocycles. The zero-order chi connectivity index (χ0) is 14.7. The van der Waals surface area contributed by atoms with Crippen LogP contribution in [0.25, 0.3) is 0 Å². The topological polar surface area (TPSA) is 18.5 Å². The van der Waals surface area contributed by atoms with E-state index in [9.17, 15) is 4.39 Å². The lowest BCUT2D eigenvalue weighted by molar-refractivity contribution is 0.293. The van der Waals surface area contributed by atoms with E-state index in [0.717, 1.165) is 10.0 Å². The zero-order valence-corrected chi connectivity index (χ0v) is 14.4. The van der Waals surface area contributed by atoms with Crippen LogP contribution in [0.2, 0.25) is 5.02 Å². The molecule has 0 fully saturated rings. The van der Waals surface area contributed by atoms with E-state index in [4.69, 9.17) is 21.1 Å². The van der Waals surface area contributed by atoms with Gasteiger partial charge < -0.3 is 9.47 Å². The van der Waals surface area contributed by atoms with Gasteiger partial charge in [-0.1, -0.05) is 27.5 Å². The predicted molar refractivity (Wildman–Crippen MR) is 84.1 cm³/mol. The van der Waals surface area contributed by atoms with E-state index in [2.05, 4.69) is 31.9 Å². The van der Waals surface area contributed by atoms with Gasteiger partial charge in [0, 0.05) is 16.1 Å². The van der Waals surface area contributed by atoms with Crippen LogP contribution in [0.4, 0.5) is 4.39 Å². The fraction of sp³-hybridized carbons (Fsp3) is 0.143. The summed E-state index contributed by atoms with van der Waals surface area (Å²) < 4.78 is 25.8. The fourth-order valence-electron chi connectivity index (χ4n) is 1.63. The molecule has 0 heterocycles. The highest BCUT2D eigenvalue weighted by Gasteiger charge is 2.10. The van der Waals surface area contributed by atoms with Crippen molar-refractivity contribution in [2.75, 3.05) is 7.11 Å². The summed E-state index contributed by atoms with van der Waals surface area (Å²) in [6.07, 6.45) is 0. The van der Waals surface area contributed by atoms with Crippen LogP contribution < -0.4 is 9.47 Å². The molecular formula is C14H10Br2ClFO2. The Kier molecular flexibility index (Phi) is 5.29. The first-order chi connectivity index (χ1) is 9.51. The lowest BCUT2D eigenvalue weighted by Gasteiger charge is -2.12. The molecular weight excluding hydrogens is 414 g/mol. The average molecular weight is 424 g/mol. The molecule has 6 heteroatoms. The quantitative estimate of drug-likeness (QED) is 0.596. The number of halogens is 4. The maximum absolute atomic E-state index is 13.4. The minimum Gasteiger partial charge on any atom is -0.496 e. The fourth-order valence-corrected chi connectivity index (χ4v) is 2.79. The lowest BCUT2D eigenvalue weighted by Crippen LogP contribution is -2.00. The molecule has 0 spiro atoms. The van der Waals surface area contributed by atoms with Crippen LogP contribution >= 0.6 is 43.5 Å². The molecule has 0 atom stereocenters. The van der Waals surface area contributed by atoms with Crippen LogP contribution in [-0.2, 0) is 6.61 Å². The molecule has 106 valence electrons. The highest BCUT2D eigenvalue weighted by Crippen LogP contribution is 2.32. The third-order valence-electron chi connectivity index (χ3n) is 2.60. The van der Waals surface area contributed by atoms with Gasteiger partial charge in [-0.15, -0.1) is 0 Å². The summed E-state index contributed by atoms with van der Waals surface area (Å²) in [5, 5.41) is 0.0456. The van der Waals surface area contributed by atoms with Gasteiger partial charge in [0.2, 0.25) is 0 Å². The van der Waals surface area contributed by atoms with Gasteiger partial charge in [0.1, 0.15) is 23.9 Å². The van der Waals surface area contributed by atoms with Crippen molar-refractivity contribution >= 4 is 43.5 Å². The van der Waals surface area contributed by atoms with Gasteiger partial charge in [0.15, 0.2) is 0 Å². The third-order valence-corrected chi connectivity index (χ3v) is 4.00. The molecule has 2 nitrogen and oxygen atoms in total. The summed E-state index contributed by atoms with van der Waals surface area (Å²) in [7, 11) is 1.59. The number of benzene rings is 2. The maximum atomic E-state index is 13.4. The Labute approximate surface area is 138 Å². The Morgan fingerprint density at radius 1 is 1.15 bits per heavy atom. The third kappa shape index (κ3) is 3.65. The Balaban J connectivity index is 2.21. The van der Waals surface area contributed by atoms with Crippen LogP contribution in [-0.4, -0.2) is 7.11 Å². The first-order valence-corrected chi connectivity index (χ1v) is 7.57. The molecule has 0 aliphatic rings. The van der Waals surface area contributed by atoms with E-state index in [1.807, 2.05) is 18.2 Å². The van der Waals surface area contributed by atoms with Gasteiger partial charge in [-0.25, -0.2) is 4.39 Å². The number of ether oxygens (including phenoxy) is 2. The minimum absolute atomic E-state index is 0.0456. The van der Waals surface area contributed by atoms with Crippen molar-refractivity contribution in [3.05, 3.63) is 55.7 Å². The van der Waals surface area contributed by atoms with Crippen LogP contribution in [0.15, 0.2) is 39.3 Å². The van der Waals surface area contributed by atoms with Gasteiger partial charge in [-0.3, -0.25) is 0 Å². The van der Waals surface area contributed by atoms with E-state index in [-0.39, 0.29) is 11.6 Å². The van der Waals surface area contributed by atoms with Crippen molar-refractivity contribution in [2.45, 2.75) is 6.61 Å². The molecule has 20 heavy (non-hydrogen) atoms. The van der Waals surface area contributed by atoms with Crippen molar-refractivity contribution in [1.29, 1.82) is 0 Å². The molecule has 2 rings (SSSR count). The summed E-state index contributed by atoms with van der Waals surface area (Å²) in [4.78, 5) is 0. The Morgan fingerprint density at radius 3 is 2.60 bits per heavy atom. The van der Waals surface area contributed by atoms with E-state index in [1.54, 1.807) is 7.11 Å². The largest absolute Gasteiger partial charge is 0.496 e. The average Bonchev–Trinajstić information content (AvgIpc) is 2.41. The van der Waals surface area contributed by atoms with E-state index < -0.39 is 5.82 Å². The van der Waals surface area contributed by atoms with Gasteiger partial charge in [-0.05, 0) is 40.2 Å². The molecule has 2 aromatic carbocycles. The minimum atomic E-state index is -0.522. The summed E-state index contributed by atoms with van der Waals surface area (Å²) in [6.45, 7) is 0.252. The van der Waals surface area contributed by atoms with Crippen LogP contribution in [0.1, 0.15) is 5.56 Å². The normalized spacial score (nSPS) is 10.4. The molecule has 0 aliphatic heterocycles. The smallest absolute Gasteiger partial charge is 0.145 e. The molecule has 0 bridgehead atoms. The summed E-state index contributed by atoms with van der Waals surface area (Å²) >= 11 is 12.4. The lowest BCUT2D eigenvalue weighted by atomic mass is 10.2. The zero-order valence-electron chi connectivity index (χ0n) is 10.4. The second kappa shape index (κ2) is 6.78. The number of rotatable bonds is 4. The highest BCUT2D eigenvalue weighted by atomic mass is 79.9. The number of methoxy groups -OCH3 is 1. The highest BCUT2D eigenvalue weighted by molar-refractivity contribution is 9.10. The summed E-state index contributed by atoms with van der Waals surface area (Å²) in [5.41, 5.74) is 0.851.